The van der Waals surface area contributed by atoms with Crippen LogP contribution in [-0.4, -0.2) is 41.5 Å². The van der Waals surface area contributed by atoms with Crippen molar-refractivity contribution in [1.29, 1.82) is 0 Å². The molecule has 1 heterocycles. The molecule has 1 aromatic heterocycles. The highest BCUT2D eigenvalue weighted by atomic mass is 127. The molecule has 0 aliphatic rings. The van der Waals surface area contributed by atoms with Gasteiger partial charge in [-0.3, -0.25) is 4.99 Å². The number of anilines is 1. The van der Waals surface area contributed by atoms with Gasteiger partial charge in [-0.25, -0.2) is 0 Å². The molecule has 0 aliphatic heterocycles. The Bertz CT molecular complexity index is 674. The number of nitrogens with zero attached hydrogens (tertiary/aromatic N) is 4. The number of aromatic nitrogens is 3. The van der Waals surface area contributed by atoms with Crippen LogP contribution in [0.4, 0.5) is 5.69 Å². The van der Waals surface area contributed by atoms with E-state index in [1.54, 1.807) is 32.7 Å². The fraction of sp³-hybridized carbons (Fsp3) is 0.400. The van der Waals surface area contributed by atoms with Gasteiger partial charge in [0.15, 0.2) is 17.5 Å². The number of nitrogens with two attached hydrogens (primary N) is 1. The van der Waals surface area contributed by atoms with Gasteiger partial charge in [-0.05, 0) is 12.1 Å². The van der Waals surface area contributed by atoms with Gasteiger partial charge in [-0.15, -0.1) is 34.2 Å². The van der Waals surface area contributed by atoms with E-state index < -0.39 is 0 Å². The topological polar surface area (TPSA) is 99.6 Å². The Morgan fingerprint density at radius 2 is 2.04 bits per heavy atom. The lowest BCUT2D eigenvalue weighted by Gasteiger charge is -2.11. The number of aryl methyl sites for hydroxylation is 1. The van der Waals surface area contributed by atoms with Crippen molar-refractivity contribution in [2.75, 3.05) is 26.1 Å². The van der Waals surface area contributed by atoms with Crippen LogP contribution >= 0.6 is 24.0 Å². The number of ether oxygens (including phenoxy) is 2. The first-order chi connectivity index (χ1) is 11.2. The van der Waals surface area contributed by atoms with E-state index in [0.717, 1.165) is 17.9 Å². The molecule has 132 valence electrons. The largest absolute Gasteiger partial charge is 0.493 e. The van der Waals surface area contributed by atoms with Crippen molar-refractivity contribution in [3.05, 3.63) is 30.4 Å². The van der Waals surface area contributed by atoms with Crippen LogP contribution in [0, 0.1) is 0 Å². The lowest BCUT2D eigenvalue weighted by atomic mass is 10.3. The lowest BCUT2D eigenvalue weighted by Crippen LogP contribution is -2.23. The summed E-state index contributed by atoms with van der Waals surface area (Å²) in [5, 5.41) is 10.9. The Balaban J connectivity index is 0.00000288. The van der Waals surface area contributed by atoms with Gasteiger partial charge in [-0.2, -0.15) is 0 Å². The molecule has 24 heavy (non-hydrogen) atoms. The van der Waals surface area contributed by atoms with Crippen LogP contribution in [0.25, 0.3) is 0 Å². The zero-order chi connectivity index (χ0) is 16.7. The Kier molecular flexibility index (Phi) is 8.30. The number of rotatable bonds is 7. The van der Waals surface area contributed by atoms with Crippen molar-refractivity contribution in [2.24, 2.45) is 10.7 Å². The van der Waals surface area contributed by atoms with Gasteiger partial charge in [0, 0.05) is 24.7 Å². The van der Waals surface area contributed by atoms with E-state index in [2.05, 4.69) is 20.5 Å². The SMILES string of the molecule is CCc1nncn1CCN=C(N)Nc1ccc(OC)c(OC)c1.I. The molecular formula is C15H23IN6O2. The third kappa shape index (κ3) is 5.25. The molecule has 0 fully saturated rings. The number of halogens is 1. The summed E-state index contributed by atoms with van der Waals surface area (Å²) in [5.74, 6) is 2.56. The second-order valence-corrected chi connectivity index (χ2v) is 4.76. The average Bonchev–Trinajstić information content (AvgIpc) is 3.02. The fourth-order valence-electron chi connectivity index (χ4n) is 2.12. The number of nitrogens with one attached hydrogen (secondary N) is 1. The summed E-state index contributed by atoms with van der Waals surface area (Å²) < 4.78 is 12.4. The molecule has 0 amide bonds. The Morgan fingerprint density at radius 1 is 1.29 bits per heavy atom. The first-order valence-electron chi connectivity index (χ1n) is 7.33. The van der Waals surface area contributed by atoms with Crippen molar-refractivity contribution in [1.82, 2.24) is 14.8 Å². The van der Waals surface area contributed by atoms with Gasteiger partial charge in [0.25, 0.3) is 0 Å². The molecule has 0 saturated heterocycles. The maximum atomic E-state index is 5.90. The molecule has 9 heteroatoms. The standard InChI is InChI=1S/C15H22N6O2.HI/c1-4-14-20-18-10-21(14)8-7-17-15(16)19-11-5-6-12(22-2)13(9-11)23-3;/h5-6,9-10H,4,7-8H2,1-3H3,(H3,16,17,19);1H. The second-order valence-electron chi connectivity index (χ2n) is 4.76. The quantitative estimate of drug-likeness (QED) is 0.383. The molecule has 0 spiro atoms. The molecule has 0 unspecified atom stereocenters. The molecule has 0 saturated carbocycles. The first kappa shape index (κ1) is 20.0. The molecule has 2 aromatic rings. The van der Waals surface area contributed by atoms with Gasteiger partial charge in [0.2, 0.25) is 0 Å². The summed E-state index contributed by atoms with van der Waals surface area (Å²) in [6, 6.07) is 5.45. The molecule has 3 N–H and O–H groups in total. The number of guanidine groups is 1. The molecule has 0 aliphatic carbocycles. The highest BCUT2D eigenvalue weighted by Crippen LogP contribution is 2.29. The number of benzene rings is 1. The Hall–Kier alpha value is -2.04. The van der Waals surface area contributed by atoms with Crippen LogP contribution in [0.2, 0.25) is 0 Å². The lowest BCUT2D eigenvalue weighted by molar-refractivity contribution is 0.355. The van der Waals surface area contributed by atoms with Crippen molar-refractivity contribution in [3.63, 3.8) is 0 Å². The van der Waals surface area contributed by atoms with Crippen LogP contribution in [0.1, 0.15) is 12.7 Å². The zero-order valence-electron chi connectivity index (χ0n) is 14.0. The summed E-state index contributed by atoms with van der Waals surface area (Å²) in [6.45, 7) is 3.26. The van der Waals surface area contributed by atoms with Crippen LogP contribution in [0.15, 0.2) is 29.5 Å². The van der Waals surface area contributed by atoms with Crippen molar-refractivity contribution >= 4 is 35.6 Å². The fourth-order valence-corrected chi connectivity index (χ4v) is 2.12. The predicted octanol–water partition coefficient (Wildman–Crippen LogP) is 1.90. The maximum Gasteiger partial charge on any atom is 0.193 e. The van der Waals surface area contributed by atoms with Gasteiger partial charge < -0.3 is 25.1 Å². The molecule has 1 aromatic carbocycles. The summed E-state index contributed by atoms with van der Waals surface area (Å²) in [5.41, 5.74) is 6.68. The molecule has 0 atom stereocenters. The van der Waals surface area contributed by atoms with Gasteiger partial charge >= 0.3 is 0 Å². The van der Waals surface area contributed by atoms with E-state index in [1.165, 1.54) is 0 Å². The smallest absolute Gasteiger partial charge is 0.193 e. The second kappa shape index (κ2) is 9.96. The highest BCUT2D eigenvalue weighted by Gasteiger charge is 2.05. The molecule has 0 bridgehead atoms. The predicted molar refractivity (Wildman–Crippen MR) is 104 cm³/mol. The highest BCUT2D eigenvalue weighted by molar-refractivity contribution is 14.0. The van der Waals surface area contributed by atoms with E-state index in [-0.39, 0.29) is 24.0 Å². The van der Waals surface area contributed by atoms with E-state index >= 15 is 0 Å². The van der Waals surface area contributed by atoms with Crippen LogP contribution in [-0.2, 0) is 13.0 Å². The Morgan fingerprint density at radius 3 is 2.71 bits per heavy atom. The van der Waals surface area contributed by atoms with Crippen LogP contribution in [0.3, 0.4) is 0 Å². The monoisotopic (exact) mass is 446 g/mol. The van der Waals surface area contributed by atoms with Gasteiger partial charge in [-0.1, -0.05) is 6.92 Å². The molecule has 8 nitrogen and oxygen atoms in total. The van der Waals surface area contributed by atoms with Gasteiger partial charge in [0.1, 0.15) is 12.2 Å². The summed E-state index contributed by atoms with van der Waals surface area (Å²) in [7, 11) is 3.18. The van der Waals surface area contributed by atoms with Crippen LogP contribution in [0.5, 0.6) is 11.5 Å². The molecule has 0 radical (unpaired) electrons. The number of aliphatic imine (C=N–C) groups is 1. The van der Waals surface area contributed by atoms with E-state index in [0.29, 0.717) is 30.5 Å². The third-order valence-electron chi connectivity index (χ3n) is 3.29. The summed E-state index contributed by atoms with van der Waals surface area (Å²) >= 11 is 0. The normalized spacial score (nSPS) is 10.9. The first-order valence-corrected chi connectivity index (χ1v) is 7.33. The third-order valence-corrected chi connectivity index (χ3v) is 3.29. The van der Waals surface area contributed by atoms with E-state index in [9.17, 15) is 0 Å². The minimum Gasteiger partial charge on any atom is -0.493 e. The average molecular weight is 446 g/mol. The Labute approximate surface area is 158 Å². The van der Waals surface area contributed by atoms with Crippen molar-refractivity contribution in [3.8, 4) is 11.5 Å². The number of hydrogen-bond acceptors (Lipinski definition) is 5. The van der Waals surface area contributed by atoms with Crippen molar-refractivity contribution < 1.29 is 9.47 Å². The van der Waals surface area contributed by atoms with Gasteiger partial charge in [0.05, 0.1) is 20.8 Å². The molecule has 2 rings (SSSR count). The summed E-state index contributed by atoms with van der Waals surface area (Å²) in [4.78, 5) is 4.30. The van der Waals surface area contributed by atoms with E-state index in [1.807, 2.05) is 17.6 Å². The maximum absolute atomic E-state index is 5.90. The van der Waals surface area contributed by atoms with E-state index in [4.69, 9.17) is 15.2 Å². The summed E-state index contributed by atoms with van der Waals surface area (Å²) in [6.07, 6.45) is 2.54. The molecular weight excluding hydrogens is 423 g/mol. The minimum absolute atomic E-state index is 0. The number of methoxy groups -OCH3 is 2. The zero-order valence-corrected chi connectivity index (χ0v) is 16.4. The minimum atomic E-state index is 0. The number of hydrogen-bond donors (Lipinski definition) is 2. The van der Waals surface area contributed by atoms with Crippen LogP contribution < -0.4 is 20.5 Å². The van der Waals surface area contributed by atoms with Crippen molar-refractivity contribution in [2.45, 2.75) is 19.9 Å².